The first kappa shape index (κ1) is 23.1. The maximum absolute atomic E-state index is 14.2. The number of pyridine rings is 2. The number of nitrogen functional groups attached to an aromatic ring is 1. The van der Waals surface area contributed by atoms with Crippen LogP contribution in [0, 0.1) is 5.82 Å². The van der Waals surface area contributed by atoms with Crippen molar-refractivity contribution in [2.45, 2.75) is 6.54 Å². The van der Waals surface area contributed by atoms with Crippen molar-refractivity contribution < 1.29 is 18.5 Å². The highest BCUT2D eigenvalue weighted by Crippen LogP contribution is 2.39. The third kappa shape index (κ3) is 5.66. The number of aromatic nitrogens is 2. The summed E-state index contributed by atoms with van der Waals surface area (Å²) in [5.74, 6) is 0.134. The van der Waals surface area contributed by atoms with Crippen molar-refractivity contribution in [1.82, 2.24) is 14.8 Å². The van der Waals surface area contributed by atoms with Gasteiger partial charge in [-0.15, -0.1) is 11.3 Å². The molecule has 0 fully saturated rings. The number of hydrogen-bond acceptors (Lipinski definition) is 8. The largest absolute Gasteiger partial charge is 0.453 e. The molecule has 0 spiro atoms. The number of benzene rings is 1. The molecule has 4 aromatic rings. The van der Waals surface area contributed by atoms with Crippen LogP contribution in [0.4, 0.5) is 10.1 Å². The van der Waals surface area contributed by atoms with Crippen molar-refractivity contribution in [3.05, 3.63) is 66.2 Å². The lowest BCUT2D eigenvalue weighted by atomic mass is 10.1. The minimum Gasteiger partial charge on any atom is -0.453 e. The van der Waals surface area contributed by atoms with Gasteiger partial charge in [-0.3, -0.25) is 9.97 Å². The van der Waals surface area contributed by atoms with E-state index in [0.29, 0.717) is 32.2 Å². The number of rotatable bonds is 10. The summed E-state index contributed by atoms with van der Waals surface area (Å²) in [5.41, 5.74) is 8.65. The fourth-order valence-corrected chi connectivity index (χ4v) is 4.40. The van der Waals surface area contributed by atoms with Crippen LogP contribution < -0.4 is 10.5 Å². The van der Waals surface area contributed by atoms with Gasteiger partial charge in [-0.2, -0.15) is 0 Å². The Morgan fingerprint density at radius 2 is 1.97 bits per heavy atom. The second kappa shape index (κ2) is 10.7. The predicted octanol–water partition coefficient (Wildman–Crippen LogP) is 4.23. The molecule has 0 amide bonds. The zero-order chi connectivity index (χ0) is 23.2. The number of anilines is 1. The third-order valence-electron chi connectivity index (χ3n) is 4.96. The number of halogens is 1. The van der Waals surface area contributed by atoms with Gasteiger partial charge in [-0.25, -0.2) is 4.39 Å². The molecule has 0 atom stereocenters. The Hall–Kier alpha value is -3.05. The second-order valence-corrected chi connectivity index (χ2v) is 8.49. The van der Waals surface area contributed by atoms with Crippen molar-refractivity contribution in [2.75, 3.05) is 33.1 Å². The molecule has 1 aromatic carbocycles. The van der Waals surface area contributed by atoms with Gasteiger partial charge in [0.05, 0.1) is 27.4 Å². The summed E-state index contributed by atoms with van der Waals surface area (Å²) in [6.07, 6.45) is 3.51. The van der Waals surface area contributed by atoms with Crippen molar-refractivity contribution in [2.24, 2.45) is 0 Å². The average Bonchev–Trinajstić information content (AvgIpc) is 3.25. The molecule has 3 heterocycles. The highest BCUT2D eigenvalue weighted by atomic mass is 32.1. The van der Waals surface area contributed by atoms with Crippen LogP contribution in [0.3, 0.4) is 0 Å². The SMILES string of the molecule is COBN(CCOC)Cc1ccc(-c2cc3nccc(Oc4ccc(N)cc4F)c3s2)nc1. The lowest BCUT2D eigenvalue weighted by Crippen LogP contribution is -2.31. The number of fused-ring (bicyclic) bond motifs is 1. The first-order chi connectivity index (χ1) is 16.1. The number of nitrogens with two attached hydrogens (primary N) is 1. The minimum absolute atomic E-state index is 0.114. The monoisotopic (exact) mass is 466 g/mol. The van der Waals surface area contributed by atoms with Crippen LogP contribution in [-0.4, -0.2) is 49.8 Å². The van der Waals surface area contributed by atoms with E-state index in [4.69, 9.17) is 19.9 Å². The van der Waals surface area contributed by atoms with Crippen molar-refractivity contribution in [1.29, 1.82) is 0 Å². The van der Waals surface area contributed by atoms with E-state index in [0.717, 1.165) is 32.9 Å². The zero-order valence-electron chi connectivity index (χ0n) is 18.5. The highest BCUT2D eigenvalue weighted by molar-refractivity contribution is 7.22. The van der Waals surface area contributed by atoms with Gasteiger partial charge in [0.2, 0.25) is 0 Å². The normalized spacial score (nSPS) is 11.3. The molecular weight excluding hydrogens is 442 g/mol. The van der Waals surface area contributed by atoms with Gasteiger partial charge < -0.3 is 24.7 Å². The Kier molecular flexibility index (Phi) is 7.51. The second-order valence-electron chi connectivity index (χ2n) is 7.44. The van der Waals surface area contributed by atoms with Gasteiger partial charge >= 0.3 is 7.62 Å². The molecule has 2 N–H and O–H groups in total. The van der Waals surface area contributed by atoms with Crippen LogP contribution >= 0.6 is 11.3 Å². The van der Waals surface area contributed by atoms with Crippen molar-refractivity contribution in [3.63, 3.8) is 0 Å². The molecule has 0 aliphatic carbocycles. The highest BCUT2D eigenvalue weighted by Gasteiger charge is 2.14. The summed E-state index contributed by atoms with van der Waals surface area (Å²) in [6, 6.07) is 12.1. The van der Waals surface area contributed by atoms with E-state index in [1.54, 1.807) is 32.5 Å². The molecule has 0 aliphatic heterocycles. The maximum Gasteiger partial charge on any atom is 0.363 e. The van der Waals surface area contributed by atoms with Crippen molar-refractivity contribution >= 4 is 34.9 Å². The number of methoxy groups -OCH3 is 1. The van der Waals surface area contributed by atoms with Crippen LogP contribution in [0.15, 0.2) is 54.9 Å². The lowest BCUT2D eigenvalue weighted by molar-refractivity contribution is 0.171. The maximum atomic E-state index is 14.2. The molecule has 10 heteroatoms. The standard InChI is InChI=1S/C23H24BFN4O3S/c1-30-10-9-29(24-31-2)14-15-3-5-18(28-13-15)22-12-19-23(33-22)21(7-8-27-19)32-20-6-4-16(26)11-17(20)25/h3-8,11-13,24H,9-10,14,26H2,1-2H3. The number of thiophene rings is 1. The Morgan fingerprint density at radius 1 is 1.09 bits per heavy atom. The topological polar surface area (TPSA) is 82.7 Å². The molecule has 4 rings (SSSR count). The fourth-order valence-electron chi connectivity index (χ4n) is 3.35. The smallest absolute Gasteiger partial charge is 0.363 e. The molecule has 0 unspecified atom stereocenters. The minimum atomic E-state index is -0.512. The predicted molar refractivity (Wildman–Crippen MR) is 130 cm³/mol. The summed E-state index contributed by atoms with van der Waals surface area (Å²) >= 11 is 1.50. The average molecular weight is 466 g/mol. The molecule has 0 saturated heterocycles. The molecule has 0 radical (unpaired) electrons. The first-order valence-electron chi connectivity index (χ1n) is 10.3. The van der Waals surface area contributed by atoms with Crippen LogP contribution in [-0.2, 0) is 15.9 Å². The summed E-state index contributed by atoms with van der Waals surface area (Å²) in [5, 5.41) is 0. The van der Waals surface area contributed by atoms with Crippen LogP contribution in [0.1, 0.15) is 5.56 Å². The van der Waals surface area contributed by atoms with Crippen LogP contribution in [0.25, 0.3) is 20.8 Å². The quantitative estimate of drug-likeness (QED) is 0.277. The van der Waals surface area contributed by atoms with E-state index >= 15 is 0 Å². The van der Waals surface area contributed by atoms with Gasteiger partial charge in [-0.1, -0.05) is 6.07 Å². The number of ether oxygens (including phenoxy) is 2. The van der Waals surface area contributed by atoms with E-state index in [-0.39, 0.29) is 5.75 Å². The van der Waals surface area contributed by atoms with E-state index in [1.807, 2.05) is 18.3 Å². The Labute approximate surface area is 196 Å². The van der Waals surface area contributed by atoms with E-state index in [2.05, 4.69) is 20.8 Å². The molecule has 33 heavy (non-hydrogen) atoms. The molecule has 7 nitrogen and oxygen atoms in total. The molecule has 0 bridgehead atoms. The van der Waals surface area contributed by atoms with Gasteiger partial charge in [0.1, 0.15) is 5.75 Å². The first-order valence-corrected chi connectivity index (χ1v) is 11.2. The molecule has 170 valence electrons. The number of nitrogens with zero attached hydrogens (tertiary/aromatic N) is 3. The summed E-state index contributed by atoms with van der Waals surface area (Å²) in [7, 11) is 3.88. The van der Waals surface area contributed by atoms with Crippen LogP contribution in [0.2, 0.25) is 0 Å². The summed E-state index contributed by atoms with van der Waals surface area (Å²) < 4.78 is 31.3. The summed E-state index contributed by atoms with van der Waals surface area (Å²) in [4.78, 5) is 12.2. The van der Waals surface area contributed by atoms with E-state index in [1.165, 1.54) is 23.5 Å². The zero-order valence-corrected chi connectivity index (χ0v) is 19.3. The van der Waals surface area contributed by atoms with Crippen molar-refractivity contribution in [3.8, 4) is 22.1 Å². The molecule has 0 aliphatic rings. The molecular formula is C23H24BFN4O3S. The summed E-state index contributed by atoms with van der Waals surface area (Å²) in [6.45, 7) is 2.11. The van der Waals surface area contributed by atoms with Gasteiger partial charge in [0, 0.05) is 57.5 Å². The van der Waals surface area contributed by atoms with Gasteiger partial charge in [0.15, 0.2) is 11.6 Å². The third-order valence-corrected chi connectivity index (χ3v) is 6.12. The Bertz CT molecular complexity index is 1220. The Morgan fingerprint density at radius 3 is 2.70 bits per heavy atom. The molecule has 3 aromatic heterocycles. The lowest BCUT2D eigenvalue weighted by Gasteiger charge is -2.19. The number of hydrogen-bond donors (Lipinski definition) is 1. The van der Waals surface area contributed by atoms with Gasteiger partial charge in [0.25, 0.3) is 0 Å². The Balaban J connectivity index is 1.54. The van der Waals surface area contributed by atoms with E-state index in [9.17, 15) is 4.39 Å². The van der Waals surface area contributed by atoms with Gasteiger partial charge in [-0.05, 0) is 29.8 Å². The fraction of sp³-hybridized carbons (Fsp3) is 0.217. The van der Waals surface area contributed by atoms with E-state index < -0.39 is 5.82 Å². The van der Waals surface area contributed by atoms with Crippen LogP contribution in [0.5, 0.6) is 11.5 Å². The molecule has 0 saturated carbocycles.